The maximum absolute atomic E-state index is 12.3. The number of hydrogen-bond donors (Lipinski definition) is 1. The molecule has 0 aliphatic carbocycles. The number of aryl methyl sites for hydroxylation is 2. The second kappa shape index (κ2) is 6.71. The Morgan fingerprint density at radius 1 is 1.38 bits per heavy atom. The summed E-state index contributed by atoms with van der Waals surface area (Å²) < 4.78 is 10.3. The van der Waals surface area contributed by atoms with Gasteiger partial charge in [-0.05, 0) is 26.7 Å². The molecule has 1 fully saturated rings. The van der Waals surface area contributed by atoms with Gasteiger partial charge in [0.15, 0.2) is 0 Å². The number of carbonyl (C=O) groups is 2. The normalized spacial score (nSPS) is 16.2. The summed E-state index contributed by atoms with van der Waals surface area (Å²) in [4.78, 5) is 24.5. The van der Waals surface area contributed by atoms with Crippen LogP contribution in [0.5, 0.6) is 0 Å². The van der Waals surface area contributed by atoms with Crippen LogP contribution in [0.4, 0.5) is 0 Å². The van der Waals surface area contributed by atoms with Gasteiger partial charge in [-0.15, -0.1) is 0 Å². The number of piperidine rings is 1. The smallest absolute Gasteiger partial charge is 0.329 e. The Hall–Kier alpha value is -1.89. The molecule has 1 aliphatic rings. The number of amides is 1. The van der Waals surface area contributed by atoms with Crippen molar-refractivity contribution in [1.29, 1.82) is 0 Å². The van der Waals surface area contributed by atoms with Gasteiger partial charge in [0.2, 0.25) is 5.91 Å². The van der Waals surface area contributed by atoms with E-state index < -0.39 is 5.97 Å². The van der Waals surface area contributed by atoms with Gasteiger partial charge in [0.1, 0.15) is 12.4 Å². The van der Waals surface area contributed by atoms with Crippen LogP contribution in [0.2, 0.25) is 0 Å². The third-order valence-corrected chi connectivity index (χ3v) is 3.75. The molecule has 2 rings (SSSR count). The highest BCUT2D eigenvalue weighted by atomic mass is 16.5. The van der Waals surface area contributed by atoms with Crippen LogP contribution in [0.3, 0.4) is 0 Å². The molecule has 0 aromatic carbocycles. The minimum absolute atomic E-state index is 0.0427. The summed E-state index contributed by atoms with van der Waals surface area (Å²) in [7, 11) is 0. The zero-order chi connectivity index (χ0) is 15.4. The lowest BCUT2D eigenvalue weighted by Crippen LogP contribution is -2.42. The van der Waals surface area contributed by atoms with Crippen LogP contribution in [0.15, 0.2) is 4.52 Å². The minimum atomic E-state index is -0.966. The van der Waals surface area contributed by atoms with Crippen molar-refractivity contribution >= 4 is 11.9 Å². The van der Waals surface area contributed by atoms with Gasteiger partial charge >= 0.3 is 5.97 Å². The van der Waals surface area contributed by atoms with Crippen molar-refractivity contribution in [3.8, 4) is 0 Å². The summed E-state index contributed by atoms with van der Waals surface area (Å²) in [5.74, 6) is -0.242. The van der Waals surface area contributed by atoms with E-state index in [0.717, 1.165) is 11.3 Å². The van der Waals surface area contributed by atoms with Gasteiger partial charge in [-0.1, -0.05) is 5.16 Å². The van der Waals surface area contributed by atoms with Gasteiger partial charge in [-0.3, -0.25) is 4.79 Å². The van der Waals surface area contributed by atoms with E-state index in [4.69, 9.17) is 14.4 Å². The number of aromatic nitrogens is 1. The number of rotatable bonds is 5. The van der Waals surface area contributed by atoms with Gasteiger partial charge in [0.25, 0.3) is 0 Å². The first kappa shape index (κ1) is 15.5. The quantitative estimate of drug-likeness (QED) is 0.868. The summed E-state index contributed by atoms with van der Waals surface area (Å²) in [6, 6.07) is 0. The monoisotopic (exact) mass is 296 g/mol. The zero-order valence-electron chi connectivity index (χ0n) is 12.3. The SMILES string of the molecule is Cc1noc(C)c1CC(=O)N1CCC(OCC(=O)O)CC1. The Morgan fingerprint density at radius 2 is 2.05 bits per heavy atom. The summed E-state index contributed by atoms with van der Waals surface area (Å²) in [6.07, 6.45) is 1.55. The van der Waals surface area contributed by atoms with Gasteiger partial charge < -0.3 is 19.3 Å². The van der Waals surface area contributed by atoms with Gasteiger partial charge in [0, 0.05) is 18.7 Å². The number of ether oxygens (including phenoxy) is 1. The molecule has 7 heteroatoms. The Bertz CT molecular complexity index is 498. The molecule has 0 unspecified atom stereocenters. The molecule has 21 heavy (non-hydrogen) atoms. The predicted molar refractivity (Wildman–Crippen MR) is 72.9 cm³/mol. The predicted octanol–water partition coefficient (Wildman–Crippen LogP) is 0.926. The van der Waals surface area contributed by atoms with E-state index in [1.807, 2.05) is 6.92 Å². The zero-order valence-corrected chi connectivity index (χ0v) is 12.3. The standard InChI is InChI=1S/C14H20N2O5/c1-9-12(10(2)21-15-9)7-13(17)16-5-3-11(4-6-16)20-8-14(18)19/h11H,3-8H2,1-2H3,(H,18,19). The van der Waals surface area contributed by atoms with Crippen LogP contribution in [-0.4, -0.2) is 52.8 Å². The summed E-state index contributed by atoms with van der Waals surface area (Å²) >= 11 is 0. The number of aliphatic carboxylic acids is 1. The number of nitrogens with zero attached hydrogens (tertiary/aromatic N) is 2. The lowest BCUT2D eigenvalue weighted by Gasteiger charge is -2.31. The molecular weight excluding hydrogens is 276 g/mol. The highest BCUT2D eigenvalue weighted by Gasteiger charge is 2.25. The van der Waals surface area contributed by atoms with E-state index in [1.165, 1.54) is 0 Å². The molecule has 116 valence electrons. The number of hydrogen-bond acceptors (Lipinski definition) is 5. The molecule has 1 N–H and O–H groups in total. The molecule has 0 atom stereocenters. The highest BCUT2D eigenvalue weighted by Crippen LogP contribution is 2.18. The largest absolute Gasteiger partial charge is 0.480 e. The highest BCUT2D eigenvalue weighted by molar-refractivity contribution is 5.79. The molecule has 1 amide bonds. The molecule has 0 spiro atoms. The van der Waals surface area contributed by atoms with Crippen LogP contribution < -0.4 is 0 Å². The van der Waals surface area contributed by atoms with Crippen molar-refractivity contribution in [3.05, 3.63) is 17.0 Å². The van der Waals surface area contributed by atoms with E-state index in [0.29, 0.717) is 38.1 Å². The fourth-order valence-electron chi connectivity index (χ4n) is 2.48. The van der Waals surface area contributed by atoms with Crippen LogP contribution in [0.25, 0.3) is 0 Å². The Labute approximate surface area is 122 Å². The lowest BCUT2D eigenvalue weighted by molar-refractivity contribution is -0.146. The average Bonchev–Trinajstić information content (AvgIpc) is 2.77. The van der Waals surface area contributed by atoms with Crippen molar-refractivity contribution < 1.29 is 24.0 Å². The molecule has 0 bridgehead atoms. The van der Waals surface area contributed by atoms with Crippen molar-refractivity contribution in [2.45, 2.75) is 39.2 Å². The maximum atomic E-state index is 12.3. The summed E-state index contributed by atoms with van der Waals surface area (Å²) in [5.41, 5.74) is 1.60. The third-order valence-electron chi connectivity index (χ3n) is 3.75. The van der Waals surface area contributed by atoms with Crippen molar-refractivity contribution in [2.75, 3.05) is 19.7 Å². The molecule has 2 heterocycles. The van der Waals surface area contributed by atoms with E-state index in [2.05, 4.69) is 5.16 Å². The summed E-state index contributed by atoms with van der Waals surface area (Å²) in [5, 5.41) is 12.4. The number of likely N-dealkylation sites (tertiary alicyclic amines) is 1. The van der Waals surface area contributed by atoms with Gasteiger partial charge in [-0.25, -0.2) is 4.79 Å². The first-order valence-electron chi connectivity index (χ1n) is 7.00. The minimum Gasteiger partial charge on any atom is -0.480 e. The van der Waals surface area contributed by atoms with Crippen molar-refractivity contribution in [2.24, 2.45) is 0 Å². The van der Waals surface area contributed by atoms with E-state index in [9.17, 15) is 9.59 Å². The number of carboxylic acids is 1. The van der Waals surface area contributed by atoms with Gasteiger partial charge in [0.05, 0.1) is 18.2 Å². The third kappa shape index (κ3) is 4.04. The van der Waals surface area contributed by atoms with E-state index in [1.54, 1.807) is 11.8 Å². The second-order valence-corrected chi connectivity index (χ2v) is 5.26. The van der Waals surface area contributed by atoms with Gasteiger partial charge in [-0.2, -0.15) is 0 Å². The second-order valence-electron chi connectivity index (χ2n) is 5.26. The first-order valence-corrected chi connectivity index (χ1v) is 7.00. The van der Waals surface area contributed by atoms with Crippen LogP contribution in [0.1, 0.15) is 29.9 Å². The maximum Gasteiger partial charge on any atom is 0.329 e. The Morgan fingerprint density at radius 3 is 2.57 bits per heavy atom. The average molecular weight is 296 g/mol. The Balaban J connectivity index is 1.82. The number of carbonyl (C=O) groups excluding carboxylic acids is 1. The molecular formula is C14H20N2O5. The Kier molecular flexibility index (Phi) is 4.95. The molecule has 0 radical (unpaired) electrons. The fraction of sp³-hybridized carbons (Fsp3) is 0.643. The van der Waals surface area contributed by atoms with Crippen LogP contribution in [0, 0.1) is 13.8 Å². The molecule has 1 saturated heterocycles. The molecule has 1 aliphatic heterocycles. The number of carboxylic acid groups (broad SMARTS) is 1. The van der Waals surface area contributed by atoms with Crippen LogP contribution >= 0.6 is 0 Å². The molecule has 1 aromatic rings. The van der Waals surface area contributed by atoms with E-state index in [-0.39, 0.29) is 18.6 Å². The van der Waals surface area contributed by atoms with E-state index >= 15 is 0 Å². The van der Waals surface area contributed by atoms with Crippen molar-refractivity contribution in [1.82, 2.24) is 10.1 Å². The fourth-order valence-corrected chi connectivity index (χ4v) is 2.48. The van der Waals surface area contributed by atoms with Crippen molar-refractivity contribution in [3.63, 3.8) is 0 Å². The summed E-state index contributed by atoms with van der Waals surface area (Å²) in [6.45, 7) is 4.52. The van der Waals surface area contributed by atoms with Crippen LogP contribution in [-0.2, 0) is 20.7 Å². The lowest BCUT2D eigenvalue weighted by atomic mass is 10.1. The molecule has 1 aromatic heterocycles. The molecule has 7 nitrogen and oxygen atoms in total. The first-order chi connectivity index (χ1) is 9.97. The topological polar surface area (TPSA) is 92.9 Å². The molecule has 0 saturated carbocycles.